The van der Waals surface area contributed by atoms with Crippen molar-refractivity contribution in [2.24, 2.45) is 0 Å². The van der Waals surface area contributed by atoms with Crippen LogP contribution in [0.15, 0.2) is 29.8 Å². The number of hydrogen-bond donors (Lipinski definition) is 1. The third-order valence-corrected chi connectivity index (χ3v) is 3.60. The van der Waals surface area contributed by atoms with Crippen LogP contribution in [-0.2, 0) is 4.79 Å². The summed E-state index contributed by atoms with van der Waals surface area (Å²) in [6.07, 6.45) is 1.65. The van der Waals surface area contributed by atoms with E-state index in [1.54, 1.807) is 0 Å². The van der Waals surface area contributed by atoms with Crippen molar-refractivity contribution in [1.29, 1.82) is 0 Å². The van der Waals surface area contributed by atoms with Gasteiger partial charge in [0.1, 0.15) is 0 Å². The molecule has 19 heavy (non-hydrogen) atoms. The zero-order chi connectivity index (χ0) is 14.4. The van der Waals surface area contributed by atoms with Gasteiger partial charge in [0.05, 0.1) is 0 Å². The lowest BCUT2D eigenvalue weighted by atomic mass is 9.99. The van der Waals surface area contributed by atoms with Gasteiger partial charge in [-0.25, -0.2) is 0 Å². The highest BCUT2D eigenvalue weighted by Crippen LogP contribution is 2.22. The highest BCUT2D eigenvalue weighted by Gasteiger charge is 2.13. The molecule has 0 spiro atoms. The van der Waals surface area contributed by atoms with E-state index in [1.807, 2.05) is 45.0 Å². The van der Waals surface area contributed by atoms with Crippen LogP contribution in [0.2, 0.25) is 5.02 Å². The molecule has 3 heteroatoms. The number of carbonyl (C=O) groups excluding carboxylic acids is 1. The molecule has 0 heterocycles. The number of benzene rings is 1. The second-order valence-electron chi connectivity index (χ2n) is 4.75. The molecular weight excluding hydrogens is 258 g/mol. The maximum absolute atomic E-state index is 12.2. The first-order valence-electron chi connectivity index (χ1n) is 6.76. The molecule has 104 valence electrons. The zero-order valence-electron chi connectivity index (χ0n) is 12.1. The van der Waals surface area contributed by atoms with Crippen molar-refractivity contribution >= 4 is 23.1 Å². The highest BCUT2D eigenvalue weighted by atomic mass is 35.5. The van der Waals surface area contributed by atoms with E-state index < -0.39 is 0 Å². The molecule has 1 rings (SSSR count). The number of allylic oxidation sites excluding steroid dienone is 1. The van der Waals surface area contributed by atoms with E-state index in [2.05, 4.69) is 12.2 Å². The number of rotatable bonds is 5. The van der Waals surface area contributed by atoms with Gasteiger partial charge in [-0.2, -0.15) is 0 Å². The third kappa shape index (κ3) is 4.39. The van der Waals surface area contributed by atoms with Crippen LogP contribution in [0.4, 0.5) is 0 Å². The smallest absolute Gasteiger partial charge is 0.247 e. The Kier molecular flexibility index (Phi) is 6.10. The van der Waals surface area contributed by atoms with Gasteiger partial charge in [0, 0.05) is 16.6 Å². The maximum atomic E-state index is 12.2. The first-order chi connectivity index (χ1) is 8.99. The van der Waals surface area contributed by atoms with Crippen LogP contribution < -0.4 is 5.32 Å². The summed E-state index contributed by atoms with van der Waals surface area (Å²) >= 11 is 5.88. The van der Waals surface area contributed by atoms with Gasteiger partial charge in [-0.1, -0.05) is 37.6 Å². The minimum absolute atomic E-state index is 0.0318. The summed E-state index contributed by atoms with van der Waals surface area (Å²) in [5.74, 6) is 0.0318. The third-order valence-electron chi connectivity index (χ3n) is 3.35. The van der Waals surface area contributed by atoms with Crippen molar-refractivity contribution in [1.82, 2.24) is 5.32 Å². The summed E-state index contributed by atoms with van der Waals surface area (Å²) in [6, 6.07) is 7.79. The Hall–Kier alpha value is -1.28. The van der Waals surface area contributed by atoms with Gasteiger partial charge in [0.15, 0.2) is 0 Å². The molecule has 0 fully saturated rings. The maximum Gasteiger partial charge on any atom is 0.247 e. The molecule has 1 unspecified atom stereocenters. The van der Waals surface area contributed by atoms with Gasteiger partial charge in [-0.15, -0.1) is 0 Å². The quantitative estimate of drug-likeness (QED) is 0.793. The molecule has 0 aliphatic rings. The molecule has 0 saturated heterocycles. The summed E-state index contributed by atoms with van der Waals surface area (Å²) < 4.78 is 0. The number of hydrogen-bond acceptors (Lipinski definition) is 1. The minimum Gasteiger partial charge on any atom is -0.350 e. The molecule has 1 N–H and O–H groups in total. The molecule has 2 nitrogen and oxygen atoms in total. The molecule has 0 aromatic heterocycles. The Bertz CT molecular complexity index is 462. The number of halogens is 1. The van der Waals surface area contributed by atoms with Gasteiger partial charge in [-0.05, 0) is 50.0 Å². The summed E-state index contributed by atoms with van der Waals surface area (Å²) in [7, 11) is 0. The molecule has 1 amide bonds. The SMILES string of the molecule is CC/C(C(=O)NC(C)CC)=C(/C)c1ccc(Cl)cc1. The molecular formula is C16H22ClNO. The van der Waals surface area contributed by atoms with Gasteiger partial charge in [0.25, 0.3) is 0 Å². The molecule has 0 saturated carbocycles. The lowest BCUT2D eigenvalue weighted by Crippen LogP contribution is -2.33. The van der Waals surface area contributed by atoms with Gasteiger partial charge >= 0.3 is 0 Å². The summed E-state index contributed by atoms with van der Waals surface area (Å²) in [5, 5.41) is 3.73. The van der Waals surface area contributed by atoms with E-state index in [1.165, 1.54) is 0 Å². The molecule has 0 bridgehead atoms. The lowest BCUT2D eigenvalue weighted by Gasteiger charge is -2.15. The van der Waals surface area contributed by atoms with Gasteiger partial charge in [-0.3, -0.25) is 4.79 Å². The predicted molar refractivity (Wildman–Crippen MR) is 82.2 cm³/mol. The number of carbonyl (C=O) groups is 1. The number of amides is 1. The van der Waals surface area contributed by atoms with Gasteiger partial charge < -0.3 is 5.32 Å². The van der Waals surface area contributed by atoms with Crippen molar-refractivity contribution < 1.29 is 4.79 Å². The van der Waals surface area contributed by atoms with Crippen molar-refractivity contribution in [2.45, 2.75) is 46.6 Å². The van der Waals surface area contributed by atoms with Crippen LogP contribution in [0.25, 0.3) is 5.57 Å². The van der Waals surface area contributed by atoms with Crippen LogP contribution >= 0.6 is 11.6 Å². The summed E-state index contributed by atoms with van der Waals surface area (Å²) in [5.41, 5.74) is 2.89. The van der Waals surface area contributed by atoms with Crippen molar-refractivity contribution in [3.8, 4) is 0 Å². The topological polar surface area (TPSA) is 29.1 Å². The largest absolute Gasteiger partial charge is 0.350 e. The van der Waals surface area contributed by atoms with Crippen LogP contribution in [0.3, 0.4) is 0 Å². The summed E-state index contributed by atoms with van der Waals surface area (Å²) in [6.45, 7) is 8.07. The Morgan fingerprint density at radius 1 is 1.26 bits per heavy atom. The lowest BCUT2D eigenvalue weighted by molar-refractivity contribution is -0.118. The highest BCUT2D eigenvalue weighted by molar-refractivity contribution is 6.30. The van der Waals surface area contributed by atoms with Gasteiger partial charge in [0.2, 0.25) is 5.91 Å². The van der Waals surface area contributed by atoms with Crippen molar-refractivity contribution in [2.75, 3.05) is 0 Å². The molecule has 1 aromatic carbocycles. The van der Waals surface area contributed by atoms with E-state index >= 15 is 0 Å². The van der Waals surface area contributed by atoms with E-state index in [-0.39, 0.29) is 11.9 Å². The average Bonchev–Trinajstić information content (AvgIpc) is 2.40. The molecule has 1 atom stereocenters. The first kappa shape index (κ1) is 15.8. The van der Waals surface area contributed by atoms with E-state index in [0.717, 1.165) is 29.6 Å². The standard InChI is InChI=1S/C16H22ClNO/c1-5-11(3)18-16(19)15(6-2)12(4)13-7-9-14(17)10-8-13/h7-11H,5-6H2,1-4H3,(H,18,19)/b15-12+. The Balaban J connectivity index is 3.01. The van der Waals surface area contributed by atoms with Crippen LogP contribution in [0, 0.1) is 0 Å². The van der Waals surface area contributed by atoms with E-state index in [0.29, 0.717) is 5.02 Å². The van der Waals surface area contributed by atoms with E-state index in [9.17, 15) is 4.79 Å². The number of nitrogens with one attached hydrogen (secondary N) is 1. The summed E-state index contributed by atoms with van der Waals surface area (Å²) in [4.78, 5) is 12.2. The van der Waals surface area contributed by atoms with E-state index in [4.69, 9.17) is 11.6 Å². The van der Waals surface area contributed by atoms with Crippen LogP contribution in [0.5, 0.6) is 0 Å². The van der Waals surface area contributed by atoms with Crippen LogP contribution in [-0.4, -0.2) is 11.9 Å². The Morgan fingerprint density at radius 3 is 2.32 bits per heavy atom. The first-order valence-corrected chi connectivity index (χ1v) is 7.13. The minimum atomic E-state index is 0.0318. The molecule has 0 radical (unpaired) electrons. The van der Waals surface area contributed by atoms with Crippen LogP contribution in [0.1, 0.15) is 46.1 Å². The fraction of sp³-hybridized carbons (Fsp3) is 0.438. The molecule has 1 aromatic rings. The fourth-order valence-electron chi connectivity index (χ4n) is 1.88. The monoisotopic (exact) mass is 279 g/mol. The average molecular weight is 280 g/mol. The second-order valence-corrected chi connectivity index (χ2v) is 5.18. The van der Waals surface area contributed by atoms with Crippen molar-refractivity contribution in [3.63, 3.8) is 0 Å². The molecule has 0 aliphatic heterocycles. The fourth-order valence-corrected chi connectivity index (χ4v) is 2.01. The second kappa shape index (κ2) is 7.34. The normalized spacial score (nSPS) is 13.7. The van der Waals surface area contributed by atoms with Crippen molar-refractivity contribution in [3.05, 3.63) is 40.4 Å². The molecule has 0 aliphatic carbocycles. The zero-order valence-corrected chi connectivity index (χ0v) is 12.8. The predicted octanol–water partition coefficient (Wildman–Crippen LogP) is 4.44. The Labute approximate surface area is 120 Å². The Morgan fingerprint density at radius 2 is 1.84 bits per heavy atom.